The van der Waals surface area contributed by atoms with E-state index in [0.717, 1.165) is 22.4 Å². The number of para-hydroxylation sites is 3. The molecule has 2 aromatic carbocycles. The molecule has 18 heavy (non-hydrogen) atoms. The van der Waals surface area contributed by atoms with Gasteiger partial charge in [-0.2, -0.15) is 4.98 Å². The van der Waals surface area contributed by atoms with Crippen molar-refractivity contribution in [3.63, 3.8) is 0 Å². The fraction of sp³-hybridized carbons (Fsp3) is 0.0714. The molecule has 0 bridgehead atoms. The first-order valence-electron chi connectivity index (χ1n) is 5.77. The molecule has 4 heteroatoms. The highest BCUT2D eigenvalue weighted by Gasteiger charge is 2.06. The maximum absolute atomic E-state index is 5.69. The Morgan fingerprint density at radius 3 is 2.67 bits per heavy atom. The number of nitrogens with zero attached hydrogens (tertiary/aromatic N) is 1. The molecule has 0 unspecified atom stereocenters. The van der Waals surface area contributed by atoms with Gasteiger partial charge in [0.05, 0.1) is 0 Å². The highest BCUT2D eigenvalue weighted by atomic mass is 16.4. The molecule has 0 saturated carbocycles. The lowest BCUT2D eigenvalue weighted by atomic mass is 10.2. The number of oxazole rings is 1. The van der Waals surface area contributed by atoms with Gasteiger partial charge in [0.2, 0.25) is 0 Å². The van der Waals surface area contributed by atoms with Crippen molar-refractivity contribution in [1.82, 2.24) is 4.98 Å². The minimum atomic E-state index is 0.476. The van der Waals surface area contributed by atoms with Crippen molar-refractivity contribution in [1.29, 1.82) is 0 Å². The molecule has 3 rings (SSSR count). The van der Waals surface area contributed by atoms with Gasteiger partial charge in [-0.15, -0.1) is 0 Å². The molecule has 0 aliphatic carbocycles. The SMILES string of the molecule is NCc1ccccc1Nc1nc2ccccc2o1. The van der Waals surface area contributed by atoms with E-state index in [1.54, 1.807) is 0 Å². The largest absolute Gasteiger partial charge is 0.423 e. The van der Waals surface area contributed by atoms with Crippen LogP contribution in [0.2, 0.25) is 0 Å². The summed E-state index contributed by atoms with van der Waals surface area (Å²) in [4.78, 5) is 4.36. The number of anilines is 2. The summed E-state index contributed by atoms with van der Waals surface area (Å²) in [5, 5.41) is 3.16. The summed E-state index contributed by atoms with van der Waals surface area (Å²) in [6.07, 6.45) is 0. The second-order valence-electron chi connectivity index (χ2n) is 3.97. The van der Waals surface area contributed by atoms with Gasteiger partial charge in [-0.3, -0.25) is 0 Å². The number of fused-ring (bicyclic) bond motifs is 1. The number of nitrogens with one attached hydrogen (secondary N) is 1. The lowest BCUT2D eigenvalue weighted by molar-refractivity contribution is 0.623. The molecule has 0 spiro atoms. The average Bonchev–Trinajstić information content (AvgIpc) is 2.81. The van der Waals surface area contributed by atoms with Gasteiger partial charge in [0, 0.05) is 12.2 Å². The number of hydrogen-bond acceptors (Lipinski definition) is 4. The minimum absolute atomic E-state index is 0.476. The Morgan fingerprint density at radius 1 is 1.06 bits per heavy atom. The lowest BCUT2D eigenvalue weighted by Crippen LogP contribution is -2.01. The second kappa shape index (κ2) is 4.50. The van der Waals surface area contributed by atoms with E-state index in [1.807, 2.05) is 48.5 Å². The summed E-state index contributed by atoms with van der Waals surface area (Å²) in [6.45, 7) is 0.476. The summed E-state index contributed by atoms with van der Waals surface area (Å²) in [7, 11) is 0. The predicted molar refractivity (Wildman–Crippen MR) is 71.6 cm³/mol. The van der Waals surface area contributed by atoms with E-state index in [-0.39, 0.29) is 0 Å². The fourth-order valence-electron chi connectivity index (χ4n) is 1.86. The van der Waals surface area contributed by atoms with Gasteiger partial charge >= 0.3 is 0 Å². The third-order valence-corrected chi connectivity index (χ3v) is 2.77. The van der Waals surface area contributed by atoms with Crippen molar-refractivity contribution in [2.24, 2.45) is 5.73 Å². The molecule has 4 nitrogen and oxygen atoms in total. The Labute approximate surface area is 104 Å². The van der Waals surface area contributed by atoms with E-state index in [9.17, 15) is 0 Å². The third-order valence-electron chi connectivity index (χ3n) is 2.77. The molecule has 3 N–H and O–H groups in total. The molecular weight excluding hydrogens is 226 g/mol. The molecule has 0 aliphatic heterocycles. The molecule has 1 aromatic heterocycles. The van der Waals surface area contributed by atoms with Crippen LogP contribution in [-0.4, -0.2) is 4.98 Å². The highest BCUT2D eigenvalue weighted by molar-refractivity contribution is 5.75. The molecule has 0 amide bonds. The van der Waals surface area contributed by atoms with E-state index in [0.29, 0.717) is 12.6 Å². The van der Waals surface area contributed by atoms with E-state index in [2.05, 4.69) is 10.3 Å². The first-order chi connectivity index (χ1) is 8.86. The van der Waals surface area contributed by atoms with Crippen molar-refractivity contribution in [2.45, 2.75) is 6.54 Å². The topological polar surface area (TPSA) is 64.1 Å². The molecule has 1 heterocycles. The van der Waals surface area contributed by atoms with E-state index in [1.165, 1.54) is 0 Å². The molecule has 0 radical (unpaired) electrons. The minimum Gasteiger partial charge on any atom is -0.423 e. The standard InChI is InChI=1S/C14H13N3O/c15-9-10-5-1-2-6-11(10)16-14-17-12-7-3-4-8-13(12)18-14/h1-8H,9,15H2,(H,16,17). The van der Waals surface area contributed by atoms with Gasteiger partial charge in [-0.1, -0.05) is 30.3 Å². The summed E-state index contributed by atoms with van der Waals surface area (Å²) in [5.41, 5.74) is 9.25. The monoisotopic (exact) mass is 239 g/mol. The third kappa shape index (κ3) is 1.94. The molecule has 0 fully saturated rings. The van der Waals surface area contributed by atoms with Crippen molar-refractivity contribution in [2.75, 3.05) is 5.32 Å². The Morgan fingerprint density at radius 2 is 1.83 bits per heavy atom. The van der Waals surface area contributed by atoms with E-state index >= 15 is 0 Å². The molecule has 90 valence electrons. The number of aromatic nitrogens is 1. The zero-order valence-corrected chi connectivity index (χ0v) is 9.76. The maximum atomic E-state index is 5.69. The smallest absolute Gasteiger partial charge is 0.300 e. The Balaban J connectivity index is 1.96. The number of nitrogens with two attached hydrogens (primary N) is 1. The van der Waals surface area contributed by atoms with Crippen LogP contribution in [0.4, 0.5) is 11.7 Å². The van der Waals surface area contributed by atoms with Crippen LogP contribution >= 0.6 is 0 Å². The normalized spacial score (nSPS) is 10.7. The summed E-state index contributed by atoms with van der Waals surface area (Å²) in [6, 6.07) is 16.0. The Kier molecular flexibility index (Phi) is 2.70. The van der Waals surface area contributed by atoms with Crippen LogP contribution in [0.15, 0.2) is 52.9 Å². The molecular formula is C14H13N3O. The number of rotatable bonds is 3. The number of hydrogen-bond donors (Lipinski definition) is 2. The first kappa shape index (κ1) is 10.8. The fourth-order valence-corrected chi connectivity index (χ4v) is 1.86. The van der Waals surface area contributed by atoms with Gasteiger partial charge in [0.1, 0.15) is 5.52 Å². The predicted octanol–water partition coefficient (Wildman–Crippen LogP) is 3.03. The molecule has 3 aromatic rings. The van der Waals surface area contributed by atoms with Crippen LogP contribution in [0.3, 0.4) is 0 Å². The van der Waals surface area contributed by atoms with Crippen LogP contribution in [0.25, 0.3) is 11.1 Å². The highest BCUT2D eigenvalue weighted by Crippen LogP contribution is 2.23. The second-order valence-corrected chi connectivity index (χ2v) is 3.97. The Bertz CT molecular complexity index is 642. The molecule has 0 saturated heterocycles. The zero-order valence-electron chi connectivity index (χ0n) is 9.76. The molecule has 0 atom stereocenters. The van der Waals surface area contributed by atoms with Crippen LogP contribution in [0.1, 0.15) is 5.56 Å². The van der Waals surface area contributed by atoms with Gasteiger partial charge < -0.3 is 15.5 Å². The van der Waals surface area contributed by atoms with Crippen molar-refractivity contribution >= 4 is 22.8 Å². The van der Waals surface area contributed by atoms with Crippen LogP contribution in [-0.2, 0) is 6.54 Å². The number of benzene rings is 2. The van der Waals surface area contributed by atoms with Crippen LogP contribution in [0, 0.1) is 0 Å². The van der Waals surface area contributed by atoms with Crippen LogP contribution in [0.5, 0.6) is 0 Å². The quantitative estimate of drug-likeness (QED) is 0.737. The summed E-state index contributed by atoms with van der Waals surface area (Å²) >= 11 is 0. The zero-order chi connectivity index (χ0) is 12.4. The van der Waals surface area contributed by atoms with E-state index in [4.69, 9.17) is 10.2 Å². The van der Waals surface area contributed by atoms with Crippen molar-refractivity contribution in [3.05, 3.63) is 54.1 Å². The van der Waals surface area contributed by atoms with Gasteiger partial charge in [-0.25, -0.2) is 0 Å². The maximum Gasteiger partial charge on any atom is 0.300 e. The van der Waals surface area contributed by atoms with Gasteiger partial charge in [0.15, 0.2) is 5.58 Å². The Hall–Kier alpha value is -2.33. The van der Waals surface area contributed by atoms with Crippen molar-refractivity contribution in [3.8, 4) is 0 Å². The van der Waals surface area contributed by atoms with Gasteiger partial charge in [0.25, 0.3) is 6.01 Å². The van der Waals surface area contributed by atoms with Gasteiger partial charge in [-0.05, 0) is 23.8 Å². The first-order valence-corrected chi connectivity index (χ1v) is 5.77. The summed E-state index contributed by atoms with van der Waals surface area (Å²) in [5.74, 6) is 0. The van der Waals surface area contributed by atoms with Crippen molar-refractivity contribution < 1.29 is 4.42 Å². The van der Waals surface area contributed by atoms with Crippen LogP contribution < -0.4 is 11.1 Å². The average molecular weight is 239 g/mol. The molecule has 0 aliphatic rings. The summed E-state index contributed by atoms with van der Waals surface area (Å²) < 4.78 is 5.61. The lowest BCUT2D eigenvalue weighted by Gasteiger charge is -2.06. The van der Waals surface area contributed by atoms with E-state index < -0.39 is 0 Å².